The van der Waals surface area contributed by atoms with Crippen LogP contribution in [0.2, 0.25) is 0 Å². The first-order valence-corrected chi connectivity index (χ1v) is 7.20. The highest BCUT2D eigenvalue weighted by Crippen LogP contribution is 2.04. The summed E-state index contributed by atoms with van der Waals surface area (Å²) >= 11 is 0. The second-order valence-electron chi connectivity index (χ2n) is 5.19. The molecule has 0 spiro atoms. The number of nitrogens with zero attached hydrogens (tertiary/aromatic N) is 3. The predicted octanol–water partition coefficient (Wildman–Crippen LogP) is -1.15. The van der Waals surface area contributed by atoms with Gasteiger partial charge in [0.1, 0.15) is 0 Å². The molecule has 0 unspecified atom stereocenters. The van der Waals surface area contributed by atoms with Crippen LogP contribution in [0.1, 0.15) is 6.42 Å². The van der Waals surface area contributed by atoms with Crippen LogP contribution in [0.3, 0.4) is 0 Å². The van der Waals surface area contributed by atoms with Gasteiger partial charge in [0, 0.05) is 52.4 Å². The van der Waals surface area contributed by atoms with Crippen LogP contribution in [0.15, 0.2) is 0 Å². The van der Waals surface area contributed by atoms with Crippen LogP contribution in [-0.2, 0) is 9.53 Å². The maximum absolute atomic E-state index is 12.1. The molecule has 0 atom stereocenters. The lowest BCUT2D eigenvalue weighted by molar-refractivity contribution is -0.136. The molecule has 2 fully saturated rings. The highest BCUT2D eigenvalue weighted by atomic mass is 16.5. The Morgan fingerprint density at radius 3 is 2.26 bits per heavy atom. The Bertz CT molecular complexity index is 274. The fourth-order valence-corrected chi connectivity index (χ4v) is 2.57. The SMILES string of the molecule is O=C(CN1CCN(CCCO)CC1)N1CCOCC1. The van der Waals surface area contributed by atoms with Crippen molar-refractivity contribution in [1.29, 1.82) is 0 Å². The molecule has 0 bridgehead atoms. The number of carbonyl (C=O) groups excluding carboxylic acids is 1. The summed E-state index contributed by atoms with van der Waals surface area (Å²) in [6, 6.07) is 0. The number of hydrogen-bond donors (Lipinski definition) is 1. The normalized spacial score (nSPS) is 22.7. The van der Waals surface area contributed by atoms with Crippen molar-refractivity contribution in [2.75, 3.05) is 72.2 Å². The number of ether oxygens (including phenoxy) is 1. The molecule has 2 aliphatic rings. The Morgan fingerprint density at radius 2 is 1.63 bits per heavy atom. The Morgan fingerprint density at radius 1 is 1.00 bits per heavy atom. The van der Waals surface area contributed by atoms with E-state index in [1.165, 1.54) is 0 Å². The van der Waals surface area contributed by atoms with Gasteiger partial charge in [-0.3, -0.25) is 9.69 Å². The summed E-state index contributed by atoms with van der Waals surface area (Å²) < 4.78 is 5.26. The molecule has 0 aromatic heterocycles. The zero-order valence-electron chi connectivity index (χ0n) is 11.6. The fourth-order valence-electron chi connectivity index (χ4n) is 2.57. The van der Waals surface area contributed by atoms with E-state index >= 15 is 0 Å². The molecule has 2 rings (SSSR count). The lowest BCUT2D eigenvalue weighted by Gasteiger charge is -2.35. The van der Waals surface area contributed by atoms with Crippen molar-refractivity contribution >= 4 is 5.91 Å². The van der Waals surface area contributed by atoms with Crippen molar-refractivity contribution in [3.63, 3.8) is 0 Å². The van der Waals surface area contributed by atoms with Crippen LogP contribution < -0.4 is 0 Å². The van der Waals surface area contributed by atoms with E-state index in [0.717, 1.165) is 52.2 Å². The Labute approximate surface area is 114 Å². The average Bonchev–Trinajstić information content (AvgIpc) is 2.47. The molecule has 110 valence electrons. The van der Waals surface area contributed by atoms with Gasteiger partial charge in [0.2, 0.25) is 5.91 Å². The zero-order valence-corrected chi connectivity index (χ0v) is 11.6. The third-order valence-electron chi connectivity index (χ3n) is 3.82. The molecular weight excluding hydrogens is 246 g/mol. The molecule has 0 aromatic rings. The summed E-state index contributed by atoms with van der Waals surface area (Å²) in [6.07, 6.45) is 0.840. The number of morpholine rings is 1. The first-order valence-electron chi connectivity index (χ1n) is 7.20. The monoisotopic (exact) mass is 271 g/mol. The van der Waals surface area contributed by atoms with Crippen LogP contribution in [0.4, 0.5) is 0 Å². The molecule has 0 radical (unpaired) electrons. The topological polar surface area (TPSA) is 56.2 Å². The molecule has 1 N–H and O–H groups in total. The Hall–Kier alpha value is -0.690. The molecule has 0 aliphatic carbocycles. The highest BCUT2D eigenvalue weighted by molar-refractivity contribution is 5.78. The molecule has 1 amide bonds. The third-order valence-corrected chi connectivity index (χ3v) is 3.82. The molecule has 2 saturated heterocycles. The van der Waals surface area contributed by atoms with Gasteiger partial charge < -0.3 is 19.6 Å². The van der Waals surface area contributed by atoms with Gasteiger partial charge >= 0.3 is 0 Å². The standard InChI is InChI=1S/C13H25N3O3/c17-9-1-2-14-3-5-15(6-4-14)12-13(18)16-7-10-19-11-8-16/h17H,1-12H2. The van der Waals surface area contributed by atoms with Crippen LogP contribution >= 0.6 is 0 Å². The van der Waals surface area contributed by atoms with Crippen molar-refractivity contribution < 1.29 is 14.6 Å². The minimum atomic E-state index is 0.229. The van der Waals surface area contributed by atoms with Gasteiger partial charge in [0.05, 0.1) is 19.8 Å². The number of aliphatic hydroxyl groups is 1. The lowest BCUT2D eigenvalue weighted by atomic mass is 10.2. The number of rotatable bonds is 5. The summed E-state index contributed by atoms with van der Waals surface area (Å²) in [5.74, 6) is 0.229. The van der Waals surface area contributed by atoms with Gasteiger partial charge in [-0.1, -0.05) is 0 Å². The average molecular weight is 271 g/mol. The van der Waals surface area contributed by atoms with Crippen LogP contribution in [0, 0.1) is 0 Å². The van der Waals surface area contributed by atoms with E-state index < -0.39 is 0 Å². The van der Waals surface area contributed by atoms with Crippen LogP contribution in [-0.4, -0.2) is 97.9 Å². The van der Waals surface area contributed by atoms with Gasteiger partial charge in [0.15, 0.2) is 0 Å². The van der Waals surface area contributed by atoms with Gasteiger partial charge in [-0.15, -0.1) is 0 Å². The minimum Gasteiger partial charge on any atom is -0.396 e. The molecule has 6 heteroatoms. The van der Waals surface area contributed by atoms with E-state index in [-0.39, 0.29) is 12.5 Å². The summed E-state index contributed by atoms with van der Waals surface area (Å²) in [6.45, 7) is 8.44. The van der Waals surface area contributed by atoms with E-state index in [1.807, 2.05) is 4.90 Å². The van der Waals surface area contributed by atoms with Crippen molar-refractivity contribution in [2.24, 2.45) is 0 Å². The van der Waals surface area contributed by atoms with E-state index in [4.69, 9.17) is 9.84 Å². The maximum Gasteiger partial charge on any atom is 0.236 e. The predicted molar refractivity (Wildman–Crippen MR) is 72.0 cm³/mol. The van der Waals surface area contributed by atoms with Gasteiger partial charge in [-0.25, -0.2) is 0 Å². The zero-order chi connectivity index (χ0) is 13.5. The van der Waals surface area contributed by atoms with Crippen molar-refractivity contribution in [3.8, 4) is 0 Å². The lowest BCUT2D eigenvalue weighted by Crippen LogP contribution is -2.51. The highest BCUT2D eigenvalue weighted by Gasteiger charge is 2.22. The molecule has 2 aliphatic heterocycles. The van der Waals surface area contributed by atoms with Gasteiger partial charge in [-0.05, 0) is 6.42 Å². The summed E-state index contributed by atoms with van der Waals surface area (Å²) in [5.41, 5.74) is 0. The third kappa shape index (κ3) is 4.72. The molecule has 0 aromatic carbocycles. The van der Waals surface area contributed by atoms with Gasteiger partial charge in [0.25, 0.3) is 0 Å². The Kier molecular flexibility index (Phi) is 6.03. The van der Waals surface area contributed by atoms with Crippen LogP contribution in [0.25, 0.3) is 0 Å². The van der Waals surface area contributed by atoms with E-state index in [9.17, 15) is 4.79 Å². The number of piperazine rings is 1. The molecule has 19 heavy (non-hydrogen) atoms. The fraction of sp³-hybridized carbons (Fsp3) is 0.923. The van der Waals surface area contributed by atoms with Crippen molar-refractivity contribution in [1.82, 2.24) is 14.7 Å². The number of hydrogen-bond acceptors (Lipinski definition) is 5. The smallest absolute Gasteiger partial charge is 0.236 e. The van der Waals surface area contributed by atoms with Gasteiger partial charge in [-0.2, -0.15) is 0 Å². The summed E-state index contributed by atoms with van der Waals surface area (Å²) in [7, 11) is 0. The van der Waals surface area contributed by atoms with Crippen molar-refractivity contribution in [2.45, 2.75) is 6.42 Å². The number of amides is 1. The largest absolute Gasteiger partial charge is 0.396 e. The second-order valence-corrected chi connectivity index (χ2v) is 5.19. The Balaban J connectivity index is 1.65. The quantitative estimate of drug-likeness (QED) is 0.684. The van der Waals surface area contributed by atoms with Crippen molar-refractivity contribution in [3.05, 3.63) is 0 Å². The first kappa shape index (κ1) is 14.7. The van der Waals surface area contributed by atoms with Crippen LogP contribution in [0.5, 0.6) is 0 Å². The summed E-state index contributed by atoms with van der Waals surface area (Å²) in [5, 5.41) is 8.81. The molecular formula is C13H25N3O3. The maximum atomic E-state index is 12.1. The minimum absolute atomic E-state index is 0.229. The number of aliphatic hydroxyl groups excluding tert-OH is 1. The first-order chi connectivity index (χ1) is 9.29. The second kappa shape index (κ2) is 7.79. The van der Waals surface area contributed by atoms with E-state index in [2.05, 4.69) is 9.80 Å². The summed E-state index contributed by atoms with van der Waals surface area (Å²) in [4.78, 5) is 18.6. The molecule has 0 saturated carbocycles. The molecule has 2 heterocycles. The van der Waals surface area contributed by atoms with E-state index in [0.29, 0.717) is 19.8 Å². The van der Waals surface area contributed by atoms with E-state index in [1.54, 1.807) is 0 Å². The molecule has 6 nitrogen and oxygen atoms in total. The number of carbonyl (C=O) groups is 1.